The number of ether oxygens (including phenoxy) is 2. The van der Waals surface area contributed by atoms with Gasteiger partial charge in [-0.2, -0.15) is 0 Å². The Labute approximate surface area is 204 Å². The van der Waals surface area contributed by atoms with Gasteiger partial charge < -0.3 is 23.8 Å². The standard InChI is InChI=1S/C26H32ClN3O4/c27-20-1-2-24-22(10-20)23(13-30(24)11-17-14-33-15-17)18-3-6-28(7-4-18)26(32)29-8-5-25-19(12-29)9-21(31)16-34-25/h1-2,10,13,17-19,25H,3-9,11-12,14-16H2/t19-,25+/m1/s1. The molecule has 4 aliphatic heterocycles. The van der Waals surface area contributed by atoms with E-state index >= 15 is 0 Å². The molecule has 0 bridgehead atoms. The van der Waals surface area contributed by atoms with E-state index in [4.69, 9.17) is 21.1 Å². The number of fused-ring (bicyclic) bond motifs is 2. The molecule has 4 saturated heterocycles. The number of halogens is 1. The van der Waals surface area contributed by atoms with Gasteiger partial charge in [0.05, 0.1) is 19.3 Å². The molecule has 34 heavy (non-hydrogen) atoms. The summed E-state index contributed by atoms with van der Waals surface area (Å²) in [7, 11) is 0. The number of likely N-dealkylation sites (tertiary alicyclic amines) is 2. The minimum Gasteiger partial charge on any atom is -0.381 e. The van der Waals surface area contributed by atoms with Crippen LogP contribution in [0.25, 0.3) is 10.9 Å². The van der Waals surface area contributed by atoms with Gasteiger partial charge in [-0.15, -0.1) is 0 Å². The average Bonchev–Trinajstić information content (AvgIpc) is 3.18. The highest BCUT2D eigenvalue weighted by molar-refractivity contribution is 6.31. The lowest BCUT2D eigenvalue weighted by molar-refractivity contribution is -0.139. The Morgan fingerprint density at radius 1 is 1.09 bits per heavy atom. The van der Waals surface area contributed by atoms with Crippen LogP contribution in [0.1, 0.15) is 37.2 Å². The van der Waals surface area contributed by atoms with E-state index < -0.39 is 0 Å². The second-order valence-corrected chi connectivity index (χ2v) is 10.9. The number of ketones is 1. The molecule has 2 amide bonds. The fourth-order valence-electron chi connectivity index (χ4n) is 6.17. The summed E-state index contributed by atoms with van der Waals surface area (Å²) >= 11 is 6.37. The molecule has 4 fully saturated rings. The Bertz CT molecular complexity index is 1090. The number of aromatic nitrogens is 1. The van der Waals surface area contributed by atoms with Gasteiger partial charge >= 0.3 is 6.03 Å². The van der Waals surface area contributed by atoms with E-state index in [1.165, 1.54) is 16.5 Å². The Morgan fingerprint density at radius 2 is 1.88 bits per heavy atom. The summed E-state index contributed by atoms with van der Waals surface area (Å²) in [5.74, 6) is 1.29. The summed E-state index contributed by atoms with van der Waals surface area (Å²) < 4.78 is 13.4. The van der Waals surface area contributed by atoms with Gasteiger partial charge in [-0.25, -0.2) is 4.79 Å². The molecule has 0 spiro atoms. The number of benzene rings is 1. The molecule has 1 aromatic heterocycles. The number of amides is 2. The number of carbonyl (C=O) groups is 2. The number of carbonyl (C=O) groups excluding carboxylic acids is 2. The normalized spacial score (nSPS) is 26.6. The predicted molar refractivity (Wildman–Crippen MR) is 129 cm³/mol. The number of rotatable bonds is 3. The van der Waals surface area contributed by atoms with Crippen LogP contribution in [0, 0.1) is 11.8 Å². The third-order valence-electron chi connectivity index (χ3n) is 8.12. The number of piperidine rings is 2. The minimum absolute atomic E-state index is 0.116. The van der Waals surface area contributed by atoms with Gasteiger partial charge in [0, 0.05) is 73.1 Å². The summed E-state index contributed by atoms with van der Waals surface area (Å²) in [6.45, 7) is 5.73. The van der Waals surface area contributed by atoms with Gasteiger partial charge in [0.15, 0.2) is 5.78 Å². The van der Waals surface area contributed by atoms with Crippen LogP contribution in [0.15, 0.2) is 24.4 Å². The summed E-state index contributed by atoms with van der Waals surface area (Å²) in [6.07, 6.45) is 5.70. The largest absolute Gasteiger partial charge is 0.381 e. The second kappa shape index (κ2) is 9.17. The van der Waals surface area contributed by atoms with Gasteiger partial charge in [-0.05, 0) is 48.9 Å². The highest BCUT2D eigenvalue weighted by atomic mass is 35.5. The van der Waals surface area contributed by atoms with Crippen molar-refractivity contribution in [2.24, 2.45) is 11.8 Å². The van der Waals surface area contributed by atoms with Crippen molar-refractivity contribution >= 4 is 34.3 Å². The van der Waals surface area contributed by atoms with Gasteiger partial charge in [0.1, 0.15) is 6.61 Å². The highest BCUT2D eigenvalue weighted by Crippen LogP contribution is 2.37. The zero-order valence-electron chi connectivity index (χ0n) is 19.5. The van der Waals surface area contributed by atoms with E-state index in [-0.39, 0.29) is 30.4 Å². The molecule has 5 heterocycles. The quantitative estimate of drug-likeness (QED) is 0.661. The summed E-state index contributed by atoms with van der Waals surface area (Å²) in [5, 5.41) is 2.00. The fourth-order valence-corrected chi connectivity index (χ4v) is 6.35. The molecule has 0 unspecified atom stereocenters. The summed E-state index contributed by atoms with van der Waals surface area (Å²) in [6, 6.07) is 6.31. The first-order valence-corrected chi connectivity index (χ1v) is 13.0. The molecule has 0 radical (unpaired) electrons. The highest BCUT2D eigenvalue weighted by Gasteiger charge is 2.38. The van der Waals surface area contributed by atoms with Crippen LogP contribution in [-0.2, 0) is 20.8 Å². The lowest BCUT2D eigenvalue weighted by Gasteiger charge is -2.43. The number of urea groups is 1. The number of Topliss-reactive ketones (excluding diaryl/α,β-unsaturated/α-hetero) is 1. The van der Waals surface area contributed by atoms with Crippen LogP contribution in [0.3, 0.4) is 0 Å². The van der Waals surface area contributed by atoms with Crippen molar-refractivity contribution in [3.63, 3.8) is 0 Å². The second-order valence-electron chi connectivity index (χ2n) is 10.4. The van der Waals surface area contributed by atoms with Crippen molar-refractivity contribution in [1.82, 2.24) is 14.4 Å². The van der Waals surface area contributed by atoms with E-state index in [0.29, 0.717) is 31.3 Å². The van der Waals surface area contributed by atoms with Crippen LogP contribution >= 0.6 is 11.6 Å². The summed E-state index contributed by atoms with van der Waals surface area (Å²) in [4.78, 5) is 29.0. The van der Waals surface area contributed by atoms with E-state index in [2.05, 4.69) is 22.9 Å². The van der Waals surface area contributed by atoms with Gasteiger partial charge in [-0.3, -0.25) is 4.79 Å². The zero-order chi connectivity index (χ0) is 23.2. The maximum atomic E-state index is 13.3. The van der Waals surface area contributed by atoms with Gasteiger partial charge in [0.2, 0.25) is 0 Å². The third-order valence-corrected chi connectivity index (χ3v) is 8.36. The Balaban J connectivity index is 1.13. The van der Waals surface area contributed by atoms with E-state index in [1.807, 2.05) is 15.9 Å². The van der Waals surface area contributed by atoms with Gasteiger partial charge in [-0.1, -0.05) is 11.6 Å². The number of hydrogen-bond acceptors (Lipinski definition) is 4. The number of hydrogen-bond donors (Lipinski definition) is 0. The molecular formula is C26H32ClN3O4. The Hall–Kier alpha value is -2.09. The molecule has 2 atom stereocenters. The molecule has 8 heteroatoms. The van der Waals surface area contributed by atoms with Crippen molar-refractivity contribution in [1.29, 1.82) is 0 Å². The Kier molecular flexibility index (Phi) is 6.04. The molecule has 7 nitrogen and oxygen atoms in total. The third kappa shape index (κ3) is 4.23. The maximum Gasteiger partial charge on any atom is 0.320 e. The van der Waals surface area contributed by atoms with Crippen molar-refractivity contribution in [2.45, 2.75) is 44.2 Å². The van der Waals surface area contributed by atoms with Crippen LogP contribution in [0.5, 0.6) is 0 Å². The predicted octanol–water partition coefficient (Wildman–Crippen LogP) is 3.92. The molecule has 182 valence electrons. The monoisotopic (exact) mass is 485 g/mol. The van der Waals surface area contributed by atoms with Crippen molar-refractivity contribution in [2.75, 3.05) is 46.0 Å². The molecular weight excluding hydrogens is 454 g/mol. The maximum absolute atomic E-state index is 13.3. The lowest BCUT2D eigenvalue weighted by Crippen LogP contribution is -2.54. The van der Waals surface area contributed by atoms with Gasteiger partial charge in [0.25, 0.3) is 0 Å². The van der Waals surface area contributed by atoms with E-state index in [9.17, 15) is 9.59 Å². The van der Waals surface area contributed by atoms with Crippen molar-refractivity contribution < 1.29 is 19.1 Å². The minimum atomic E-state index is 0.116. The van der Waals surface area contributed by atoms with Crippen molar-refractivity contribution in [3.05, 3.63) is 35.0 Å². The molecule has 2 aromatic rings. The van der Waals surface area contributed by atoms with Crippen molar-refractivity contribution in [3.8, 4) is 0 Å². The lowest BCUT2D eigenvalue weighted by atomic mass is 9.87. The smallest absolute Gasteiger partial charge is 0.320 e. The topological polar surface area (TPSA) is 64.0 Å². The molecule has 0 N–H and O–H groups in total. The molecule has 1 aromatic carbocycles. The molecule has 0 saturated carbocycles. The zero-order valence-corrected chi connectivity index (χ0v) is 20.2. The van der Waals surface area contributed by atoms with Crippen LogP contribution in [0.4, 0.5) is 4.79 Å². The fraction of sp³-hybridized carbons (Fsp3) is 0.615. The van der Waals surface area contributed by atoms with Crippen LogP contribution < -0.4 is 0 Å². The molecule has 4 aliphatic rings. The first-order valence-electron chi connectivity index (χ1n) is 12.6. The Morgan fingerprint density at radius 3 is 2.65 bits per heavy atom. The van der Waals surface area contributed by atoms with E-state index in [0.717, 1.165) is 57.1 Å². The van der Waals surface area contributed by atoms with E-state index in [1.54, 1.807) is 0 Å². The SMILES string of the molecule is O=C1CO[C@H]2CCN(C(=O)N3CCC(c4cn(CC5COC5)c5ccc(Cl)cc45)CC3)C[C@H]2C1. The molecule has 0 aliphatic carbocycles. The summed E-state index contributed by atoms with van der Waals surface area (Å²) in [5.41, 5.74) is 2.58. The number of nitrogens with zero attached hydrogens (tertiary/aromatic N) is 3. The van der Waals surface area contributed by atoms with Crippen LogP contribution in [0.2, 0.25) is 5.02 Å². The first kappa shape index (κ1) is 22.4. The molecule has 6 rings (SSSR count). The van der Waals surface area contributed by atoms with Crippen LogP contribution in [-0.4, -0.2) is 78.3 Å². The first-order chi connectivity index (χ1) is 16.5. The average molecular weight is 486 g/mol.